The van der Waals surface area contributed by atoms with Crippen molar-refractivity contribution in [3.05, 3.63) is 47.5 Å². The number of phenolic OH excluding ortho intramolecular Hbond substituents is 1. The molecular formula is C15H17N3O6S. The molecule has 134 valence electrons. The van der Waals surface area contributed by atoms with Gasteiger partial charge in [0.05, 0.1) is 11.9 Å². The Kier molecular flexibility index (Phi) is 5.24. The van der Waals surface area contributed by atoms with E-state index in [2.05, 4.69) is 4.98 Å². The predicted octanol–water partition coefficient (Wildman–Crippen LogP) is 0.803. The molecule has 0 atom stereocenters. The number of imidazole rings is 1. The smallest absolute Gasteiger partial charge is 0.342 e. The molecule has 1 aromatic carbocycles. The predicted molar refractivity (Wildman–Crippen MR) is 87.5 cm³/mol. The molecule has 1 heterocycles. The van der Waals surface area contributed by atoms with E-state index in [-0.39, 0.29) is 22.8 Å². The minimum absolute atomic E-state index is 0.00247. The first-order chi connectivity index (χ1) is 11.7. The van der Waals surface area contributed by atoms with Crippen LogP contribution in [-0.2, 0) is 21.6 Å². The number of para-hydroxylation sites is 1. The van der Waals surface area contributed by atoms with Crippen LogP contribution >= 0.6 is 0 Å². The summed E-state index contributed by atoms with van der Waals surface area (Å²) in [6, 6.07) is 5.78. The van der Waals surface area contributed by atoms with Gasteiger partial charge < -0.3 is 9.84 Å². The molecule has 9 nitrogen and oxygen atoms in total. The number of aromatic hydroxyl groups is 1. The lowest BCUT2D eigenvalue weighted by Crippen LogP contribution is -2.32. The Hall–Kier alpha value is -2.72. The third kappa shape index (κ3) is 3.69. The second-order valence-electron chi connectivity index (χ2n) is 5.28. The number of phenols is 1. The van der Waals surface area contributed by atoms with Gasteiger partial charge in [-0.3, -0.25) is 4.79 Å². The average Bonchev–Trinajstić information content (AvgIpc) is 2.97. The van der Waals surface area contributed by atoms with Crippen LogP contribution in [0.3, 0.4) is 0 Å². The van der Waals surface area contributed by atoms with Gasteiger partial charge in [0.2, 0.25) is 0 Å². The lowest BCUT2D eigenvalue weighted by atomic mass is 10.2. The zero-order valence-electron chi connectivity index (χ0n) is 13.8. The lowest BCUT2D eigenvalue weighted by molar-refractivity contribution is 0.0463. The topological polar surface area (TPSA) is 119 Å². The van der Waals surface area contributed by atoms with Gasteiger partial charge in [-0.1, -0.05) is 12.1 Å². The molecule has 1 N–H and O–H groups in total. The highest BCUT2D eigenvalue weighted by atomic mass is 32.2. The van der Waals surface area contributed by atoms with Crippen molar-refractivity contribution < 1.29 is 27.9 Å². The molecule has 0 radical (unpaired) electrons. The number of hydrogen-bond acceptors (Lipinski definition) is 7. The first-order valence-electron chi connectivity index (χ1n) is 7.12. The number of Topliss-reactive ketones (excluding diaryl/α,β-unsaturated/α-hetero) is 1. The Morgan fingerprint density at radius 3 is 2.48 bits per heavy atom. The Labute approximate surface area is 144 Å². The molecule has 0 saturated carbocycles. The Bertz CT molecular complexity index is 917. The second kappa shape index (κ2) is 7.03. The Balaban J connectivity index is 2.34. The standard InChI is InChI=1S/C15H17N3O6S/c1-10(19)14-16-8-11(18(14)25(22,23)17(2)3)9-24-15(21)12-6-4-5-7-13(12)20/h4-8,20H,9H2,1-3H3. The number of esters is 1. The van der Waals surface area contributed by atoms with Crippen LogP contribution in [0.4, 0.5) is 0 Å². The maximum absolute atomic E-state index is 12.4. The van der Waals surface area contributed by atoms with E-state index in [4.69, 9.17) is 4.74 Å². The highest BCUT2D eigenvalue weighted by Crippen LogP contribution is 2.18. The maximum atomic E-state index is 12.4. The van der Waals surface area contributed by atoms with Crippen LogP contribution in [0.5, 0.6) is 5.75 Å². The van der Waals surface area contributed by atoms with Gasteiger partial charge in [0.1, 0.15) is 17.9 Å². The fourth-order valence-corrected chi connectivity index (χ4v) is 3.11. The molecule has 0 unspecified atom stereocenters. The number of carbonyl (C=O) groups is 2. The summed E-state index contributed by atoms with van der Waals surface area (Å²) in [7, 11) is -1.43. The largest absolute Gasteiger partial charge is 0.507 e. The van der Waals surface area contributed by atoms with Crippen molar-refractivity contribution in [2.75, 3.05) is 14.1 Å². The van der Waals surface area contributed by atoms with Gasteiger partial charge in [0.25, 0.3) is 0 Å². The SMILES string of the molecule is CC(=O)c1ncc(COC(=O)c2ccccc2O)n1S(=O)(=O)N(C)C. The van der Waals surface area contributed by atoms with Crippen molar-refractivity contribution in [3.63, 3.8) is 0 Å². The summed E-state index contributed by atoms with van der Waals surface area (Å²) in [5, 5.41) is 9.65. The van der Waals surface area contributed by atoms with Crippen molar-refractivity contribution in [3.8, 4) is 5.75 Å². The van der Waals surface area contributed by atoms with Crippen molar-refractivity contribution in [1.29, 1.82) is 0 Å². The van der Waals surface area contributed by atoms with Crippen LogP contribution < -0.4 is 0 Å². The van der Waals surface area contributed by atoms with Crippen molar-refractivity contribution in [2.24, 2.45) is 0 Å². The minimum atomic E-state index is -4.03. The molecular weight excluding hydrogens is 350 g/mol. The molecule has 1 aromatic heterocycles. The van der Waals surface area contributed by atoms with Gasteiger partial charge in [-0.05, 0) is 12.1 Å². The monoisotopic (exact) mass is 367 g/mol. The number of carbonyl (C=O) groups excluding carboxylic acids is 2. The van der Waals surface area contributed by atoms with Crippen molar-refractivity contribution in [1.82, 2.24) is 13.3 Å². The van der Waals surface area contributed by atoms with Crippen LogP contribution in [0.15, 0.2) is 30.5 Å². The van der Waals surface area contributed by atoms with E-state index in [0.29, 0.717) is 0 Å². The number of aromatic nitrogens is 2. The van der Waals surface area contributed by atoms with E-state index in [9.17, 15) is 23.1 Å². The van der Waals surface area contributed by atoms with Crippen LogP contribution in [-0.4, -0.2) is 52.6 Å². The van der Waals surface area contributed by atoms with Gasteiger partial charge in [-0.25, -0.2) is 13.8 Å². The quantitative estimate of drug-likeness (QED) is 0.592. The van der Waals surface area contributed by atoms with Crippen LogP contribution in [0.25, 0.3) is 0 Å². The molecule has 25 heavy (non-hydrogen) atoms. The van der Waals surface area contributed by atoms with Crippen LogP contribution in [0.1, 0.15) is 33.6 Å². The Morgan fingerprint density at radius 2 is 1.92 bits per heavy atom. The van der Waals surface area contributed by atoms with E-state index in [1.54, 1.807) is 12.1 Å². The van der Waals surface area contributed by atoms with Gasteiger partial charge >= 0.3 is 16.2 Å². The number of nitrogens with zero attached hydrogens (tertiary/aromatic N) is 3. The van der Waals surface area contributed by atoms with E-state index < -0.39 is 28.6 Å². The third-order valence-corrected chi connectivity index (χ3v) is 5.06. The summed E-state index contributed by atoms with van der Waals surface area (Å²) < 4.78 is 31.5. The molecule has 0 fully saturated rings. The van der Waals surface area contributed by atoms with Crippen molar-refractivity contribution in [2.45, 2.75) is 13.5 Å². The fourth-order valence-electron chi connectivity index (χ4n) is 1.99. The Morgan fingerprint density at radius 1 is 1.28 bits per heavy atom. The van der Waals surface area contributed by atoms with Crippen molar-refractivity contribution >= 4 is 22.0 Å². The minimum Gasteiger partial charge on any atom is -0.507 e. The highest BCUT2D eigenvalue weighted by molar-refractivity contribution is 7.87. The average molecular weight is 367 g/mol. The number of hydrogen-bond donors (Lipinski definition) is 1. The van der Waals surface area contributed by atoms with Gasteiger partial charge in [-0.2, -0.15) is 12.7 Å². The summed E-state index contributed by atoms with van der Waals surface area (Å²) in [5.41, 5.74) is -0.0569. The zero-order valence-corrected chi connectivity index (χ0v) is 14.6. The first-order valence-corrected chi connectivity index (χ1v) is 8.51. The molecule has 10 heteroatoms. The molecule has 0 aliphatic heterocycles. The molecule has 0 aliphatic rings. The fraction of sp³-hybridized carbons (Fsp3) is 0.267. The summed E-state index contributed by atoms with van der Waals surface area (Å²) in [6.07, 6.45) is 1.15. The lowest BCUT2D eigenvalue weighted by Gasteiger charge is -2.16. The molecule has 0 amide bonds. The molecule has 0 aliphatic carbocycles. The number of benzene rings is 1. The first kappa shape index (κ1) is 18.6. The third-order valence-electron chi connectivity index (χ3n) is 3.27. The van der Waals surface area contributed by atoms with E-state index in [1.807, 2.05) is 0 Å². The number of ether oxygens (including phenoxy) is 1. The summed E-state index contributed by atoms with van der Waals surface area (Å²) in [5.74, 6) is -1.94. The summed E-state index contributed by atoms with van der Waals surface area (Å²) in [4.78, 5) is 27.5. The van der Waals surface area contributed by atoms with Gasteiger partial charge in [0.15, 0.2) is 11.6 Å². The summed E-state index contributed by atoms with van der Waals surface area (Å²) in [6.45, 7) is 0.738. The molecule has 0 spiro atoms. The second-order valence-corrected chi connectivity index (χ2v) is 7.27. The highest BCUT2D eigenvalue weighted by Gasteiger charge is 2.27. The van der Waals surface area contributed by atoms with Gasteiger partial charge in [0, 0.05) is 21.0 Å². The van der Waals surface area contributed by atoms with E-state index >= 15 is 0 Å². The molecule has 2 rings (SSSR count). The van der Waals surface area contributed by atoms with Crippen LogP contribution in [0, 0.1) is 0 Å². The molecule has 0 saturated heterocycles. The van der Waals surface area contributed by atoms with Gasteiger partial charge in [-0.15, -0.1) is 0 Å². The van der Waals surface area contributed by atoms with E-state index in [0.717, 1.165) is 14.5 Å². The normalized spacial score (nSPS) is 11.5. The molecule has 0 bridgehead atoms. The summed E-state index contributed by atoms with van der Waals surface area (Å²) >= 11 is 0. The number of ketones is 1. The maximum Gasteiger partial charge on any atom is 0.342 e. The molecule has 2 aromatic rings. The number of rotatable bonds is 6. The zero-order chi connectivity index (χ0) is 18.8. The van der Waals surface area contributed by atoms with E-state index in [1.165, 1.54) is 33.2 Å². The van der Waals surface area contributed by atoms with Crippen LogP contribution in [0.2, 0.25) is 0 Å².